The molecule has 9 heteroatoms. The van der Waals surface area contributed by atoms with Crippen LogP contribution in [0.3, 0.4) is 0 Å². The zero-order valence-corrected chi connectivity index (χ0v) is 18.2. The van der Waals surface area contributed by atoms with Crippen molar-refractivity contribution < 1.29 is 23.6 Å². The van der Waals surface area contributed by atoms with E-state index in [-0.39, 0.29) is 17.6 Å². The third-order valence-electron chi connectivity index (χ3n) is 5.39. The van der Waals surface area contributed by atoms with Crippen molar-refractivity contribution in [3.63, 3.8) is 0 Å². The first-order valence-corrected chi connectivity index (χ1v) is 10.6. The molecule has 1 fully saturated rings. The molecular formula is C23H26N4O5. The Morgan fingerprint density at radius 1 is 1.28 bits per heavy atom. The first kappa shape index (κ1) is 21.9. The zero-order valence-electron chi connectivity index (χ0n) is 18.2. The average molecular weight is 438 g/mol. The van der Waals surface area contributed by atoms with Crippen molar-refractivity contribution in [2.45, 2.75) is 19.4 Å². The van der Waals surface area contributed by atoms with Gasteiger partial charge in [-0.2, -0.15) is 0 Å². The molecule has 1 aromatic carbocycles. The van der Waals surface area contributed by atoms with E-state index in [2.05, 4.69) is 10.5 Å². The van der Waals surface area contributed by atoms with Gasteiger partial charge in [0.05, 0.1) is 42.2 Å². The third-order valence-corrected chi connectivity index (χ3v) is 5.39. The molecule has 0 aliphatic carbocycles. The van der Waals surface area contributed by atoms with Crippen molar-refractivity contribution in [1.82, 2.24) is 20.4 Å². The molecule has 2 aromatic heterocycles. The van der Waals surface area contributed by atoms with E-state index >= 15 is 0 Å². The first-order chi connectivity index (χ1) is 15.6. The number of carbonyl (C=O) groups is 2. The minimum Gasteiger partial charge on any atom is -0.383 e. The van der Waals surface area contributed by atoms with Gasteiger partial charge in [0.2, 0.25) is 5.76 Å². The molecule has 9 nitrogen and oxygen atoms in total. The predicted octanol–water partition coefficient (Wildman–Crippen LogP) is 2.38. The van der Waals surface area contributed by atoms with E-state index < -0.39 is 6.10 Å². The second-order valence-corrected chi connectivity index (χ2v) is 7.51. The molecule has 1 atom stereocenters. The molecule has 0 saturated carbocycles. The number of fused-ring (bicyclic) bond motifs is 1. The van der Waals surface area contributed by atoms with Crippen LogP contribution in [-0.2, 0) is 15.9 Å². The highest BCUT2D eigenvalue weighted by Gasteiger charge is 2.30. The highest BCUT2D eigenvalue weighted by molar-refractivity contribution is 6.06. The van der Waals surface area contributed by atoms with Crippen molar-refractivity contribution in [3.8, 4) is 0 Å². The minimum atomic E-state index is -0.462. The summed E-state index contributed by atoms with van der Waals surface area (Å²) in [5.74, 6) is -0.226. The molecule has 32 heavy (non-hydrogen) atoms. The van der Waals surface area contributed by atoms with E-state index in [1.807, 2.05) is 31.2 Å². The summed E-state index contributed by atoms with van der Waals surface area (Å²) in [4.78, 5) is 32.1. The van der Waals surface area contributed by atoms with Gasteiger partial charge in [0.1, 0.15) is 6.10 Å². The van der Waals surface area contributed by atoms with Crippen molar-refractivity contribution in [1.29, 1.82) is 0 Å². The monoisotopic (exact) mass is 438 g/mol. The van der Waals surface area contributed by atoms with Gasteiger partial charge in [-0.3, -0.25) is 9.59 Å². The van der Waals surface area contributed by atoms with E-state index in [0.717, 1.165) is 11.1 Å². The number of hydrogen-bond acceptors (Lipinski definition) is 7. The Balaban J connectivity index is 1.59. The highest BCUT2D eigenvalue weighted by Crippen LogP contribution is 2.27. The number of pyridine rings is 1. The van der Waals surface area contributed by atoms with Crippen LogP contribution in [0.15, 0.2) is 40.9 Å². The average Bonchev–Trinajstić information content (AvgIpc) is 3.32. The molecule has 0 bridgehead atoms. The Hall–Kier alpha value is -3.30. The number of methoxy groups -OCH3 is 1. The maximum Gasteiger partial charge on any atom is 0.292 e. The molecule has 1 N–H and O–H groups in total. The fraction of sp³-hybridized carbons (Fsp3) is 0.391. The van der Waals surface area contributed by atoms with Crippen LogP contribution in [0.2, 0.25) is 0 Å². The number of nitrogens with one attached hydrogen (secondary N) is 1. The van der Waals surface area contributed by atoms with Crippen molar-refractivity contribution in [3.05, 3.63) is 59.1 Å². The van der Waals surface area contributed by atoms with Crippen LogP contribution >= 0.6 is 0 Å². The number of morpholine rings is 1. The summed E-state index contributed by atoms with van der Waals surface area (Å²) in [6.07, 6.45) is 0.232. The fourth-order valence-corrected chi connectivity index (χ4v) is 3.66. The zero-order chi connectivity index (χ0) is 22.5. The van der Waals surface area contributed by atoms with Crippen LogP contribution in [0.1, 0.15) is 45.3 Å². The largest absolute Gasteiger partial charge is 0.383 e. The van der Waals surface area contributed by atoms with Gasteiger partial charge in [-0.25, -0.2) is 4.98 Å². The van der Waals surface area contributed by atoms with Gasteiger partial charge >= 0.3 is 0 Å². The van der Waals surface area contributed by atoms with Gasteiger partial charge < -0.3 is 24.2 Å². The van der Waals surface area contributed by atoms with Crippen LogP contribution in [0.25, 0.3) is 10.9 Å². The number of aryl methyl sites for hydroxylation is 1. The summed E-state index contributed by atoms with van der Waals surface area (Å²) in [5.41, 5.74) is 2.54. The van der Waals surface area contributed by atoms with Crippen molar-refractivity contribution in [2.75, 3.05) is 40.0 Å². The Morgan fingerprint density at radius 2 is 2.12 bits per heavy atom. The van der Waals surface area contributed by atoms with E-state index in [4.69, 9.17) is 19.0 Å². The molecule has 1 aliphatic heterocycles. The summed E-state index contributed by atoms with van der Waals surface area (Å²) < 4.78 is 16.2. The van der Waals surface area contributed by atoms with Gasteiger partial charge in [-0.15, -0.1) is 0 Å². The van der Waals surface area contributed by atoms with Gasteiger partial charge in [-0.05, 0) is 18.6 Å². The number of ether oxygens (including phenoxy) is 2. The van der Waals surface area contributed by atoms with E-state index in [1.54, 1.807) is 24.1 Å². The van der Waals surface area contributed by atoms with Crippen molar-refractivity contribution >= 4 is 22.7 Å². The lowest BCUT2D eigenvalue weighted by Crippen LogP contribution is -2.42. The number of nitrogens with zero attached hydrogens (tertiary/aromatic N) is 3. The summed E-state index contributed by atoms with van der Waals surface area (Å²) in [6.45, 7) is 3.87. The molecular weight excluding hydrogens is 412 g/mol. The minimum absolute atomic E-state index is 0.209. The number of rotatable bonds is 7. The van der Waals surface area contributed by atoms with E-state index in [1.165, 1.54) is 0 Å². The van der Waals surface area contributed by atoms with Crippen LogP contribution in [0.4, 0.5) is 0 Å². The predicted molar refractivity (Wildman–Crippen MR) is 116 cm³/mol. The van der Waals surface area contributed by atoms with Crippen molar-refractivity contribution in [2.24, 2.45) is 0 Å². The maximum absolute atomic E-state index is 12.9. The number of amides is 2. The lowest BCUT2D eigenvalue weighted by Gasteiger charge is -2.32. The van der Waals surface area contributed by atoms with Crippen LogP contribution in [-0.4, -0.2) is 66.8 Å². The summed E-state index contributed by atoms with van der Waals surface area (Å²) in [5, 5.41) is 7.52. The van der Waals surface area contributed by atoms with Gasteiger partial charge in [0.25, 0.3) is 11.8 Å². The second kappa shape index (κ2) is 9.88. The standard InChI is InChI=1S/C23H26N4O5/c1-3-15-12-20(32-26-15)23(29)27-9-11-31-21(14-27)19-13-17(22(28)24-8-10-30-2)16-6-4-5-7-18(16)25-19/h4-7,12-13,21H,3,8-11,14H2,1-2H3,(H,24,28). The first-order valence-electron chi connectivity index (χ1n) is 10.6. The molecule has 3 aromatic rings. The normalized spacial score (nSPS) is 16.3. The van der Waals surface area contributed by atoms with Gasteiger partial charge in [0, 0.05) is 31.7 Å². The number of benzene rings is 1. The molecule has 0 spiro atoms. The molecule has 4 rings (SSSR count). The Labute approximate surface area is 185 Å². The van der Waals surface area contributed by atoms with Crippen LogP contribution in [0, 0.1) is 0 Å². The summed E-state index contributed by atoms with van der Waals surface area (Å²) >= 11 is 0. The fourth-order valence-electron chi connectivity index (χ4n) is 3.66. The smallest absolute Gasteiger partial charge is 0.292 e. The quantitative estimate of drug-likeness (QED) is 0.565. The Kier molecular flexibility index (Phi) is 6.77. The molecule has 2 amide bonds. The number of hydrogen-bond donors (Lipinski definition) is 1. The topological polar surface area (TPSA) is 107 Å². The van der Waals surface area contributed by atoms with Gasteiger partial charge in [0.15, 0.2) is 0 Å². The van der Waals surface area contributed by atoms with E-state index in [0.29, 0.717) is 56.0 Å². The molecule has 1 saturated heterocycles. The summed E-state index contributed by atoms with van der Waals surface area (Å²) in [6, 6.07) is 10.9. The maximum atomic E-state index is 12.9. The Morgan fingerprint density at radius 3 is 2.91 bits per heavy atom. The Bertz CT molecular complexity index is 1110. The SMILES string of the molecule is CCc1cc(C(=O)N2CCOC(c3cc(C(=O)NCCOC)c4ccccc4n3)C2)on1. The third kappa shape index (κ3) is 4.63. The number of para-hydroxylation sites is 1. The number of carbonyl (C=O) groups excluding carboxylic acids is 2. The van der Waals surface area contributed by atoms with Crippen LogP contribution < -0.4 is 5.32 Å². The van der Waals surface area contributed by atoms with E-state index in [9.17, 15) is 9.59 Å². The molecule has 3 heterocycles. The highest BCUT2D eigenvalue weighted by atomic mass is 16.5. The lowest BCUT2D eigenvalue weighted by atomic mass is 10.0. The summed E-state index contributed by atoms with van der Waals surface area (Å²) in [7, 11) is 1.58. The van der Waals surface area contributed by atoms with Crippen LogP contribution in [0.5, 0.6) is 0 Å². The number of aromatic nitrogens is 2. The molecule has 1 unspecified atom stereocenters. The molecule has 0 radical (unpaired) electrons. The molecule has 168 valence electrons. The van der Waals surface area contributed by atoms with Gasteiger partial charge in [-0.1, -0.05) is 30.3 Å². The lowest BCUT2D eigenvalue weighted by molar-refractivity contribution is -0.0257. The molecule has 1 aliphatic rings. The second-order valence-electron chi connectivity index (χ2n) is 7.51.